The van der Waals surface area contributed by atoms with E-state index in [4.69, 9.17) is 5.11 Å². The molecule has 1 aromatic rings. The van der Waals surface area contributed by atoms with Crippen LogP contribution in [0.4, 0.5) is 0 Å². The molecule has 0 bridgehead atoms. The van der Waals surface area contributed by atoms with Gasteiger partial charge in [0.05, 0.1) is 6.33 Å². The van der Waals surface area contributed by atoms with E-state index in [1.54, 1.807) is 0 Å². The number of H-pyrrole nitrogens is 1. The number of hydrogen-bond donors (Lipinski definition) is 2. The van der Waals surface area contributed by atoms with Crippen LogP contribution in [-0.2, 0) is 9.84 Å². The third kappa shape index (κ3) is 1.79. The van der Waals surface area contributed by atoms with E-state index >= 15 is 0 Å². The van der Waals surface area contributed by atoms with Gasteiger partial charge in [0.1, 0.15) is 0 Å². The number of aromatic amines is 1. The molecule has 8 heteroatoms. The second-order valence-corrected chi connectivity index (χ2v) is 4.42. The van der Waals surface area contributed by atoms with Crippen molar-refractivity contribution < 1.29 is 18.3 Å². The molecule has 0 aliphatic rings. The number of aromatic nitrogens is 2. The van der Waals surface area contributed by atoms with Crippen LogP contribution >= 0.6 is 0 Å². The van der Waals surface area contributed by atoms with Crippen molar-refractivity contribution in [2.24, 2.45) is 0 Å². The van der Waals surface area contributed by atoms with E-state index in [9.17, 15) is 18.0 Å². The van der Waals surface area contributed by atoms with E-state index < -0.39 is 32.0 Å². The molecule has 14 heavy (non-hydrogen) atoms. The number of nitrogens with one attached hydrogen (secondary N) is 1. The maximum Gasteiger partial charge on any atom is 0.344 e. The minimum Gasteiger partial charge on any atom is -0.477 e. The minimum atomic E-state index is -3.81. The molecule has 2 N–H and O–H groups in total. The summed E-state index contributed by atoms with van der Waals surface area (Å²) in [5.41, 5.74) is -1.86. The normalized spacial score (nSPS) is 11.2. The summed E-state index contributed by atoms with van der Waals surface area (Å²) in [6, 6.07) is 0. The Kier molecular flexibility index (Phi) is 2.39. The third-order valence-corrected chi connectivity index (χ3v) is 2.40. The van der Waals surface area contributed by atoms with Gasteiger partial charge < -0.3 is 10.1 Å². The van der Waals surface area contributed by atoms with Crippen LogP contribution in [0.2, 0.25) is 0 Å². The van der Waals surface area contributed by atoms with E-state index in [2.05, 4.69) is 4.98 Å². The van der Waals surface area contributed by atoms with Crippen molar-refractivity contribution in [2.75, 3.05) is 6.26 Å². The lowest BCUT2D eigenvalue weighted by atomic mass is 10.3. The summed E-state index contributed by atoms with van der Waals surface area (Å²) in [5.74, 6) is -1.63. The summed E-state index contributed by atoms with van der Waals surface area (Å²) in [6.07, 6.45) is 1.62. The highest BCUT2D eigenvalue weighted by Gasteiger charge is 2.23. The molecule has 1 aromatic heterocycles. The summed E-state index contributed by atoms with van der Waals surface area (Å²) in [5, 5.41) is 7.86. The maximum absolute atomic E-state index is 11.0. The number of rotatable bonds is 2. The van der Waals surface area contributed by atoms with Crippen LogP contribution in [0.25, 0.3) is 0 Å². The van der Waals surface area contributed by atoms with Crippen LogP contribution in [-0.4, -0.2) is 35.7 Å². The first-order chi connectivity index (χ1) is 6.34. The number of carboxylic acids is 1. The maximum atomic E-state index is 11.0. The SMILES string of the molecule is CS(=O)(=O)c1nc[nH]c(=O)c1C(=O)O. The molecular formula is C6H6N2O5S. The lowest BCUT2D eigenvalue weighted by Crippen LogP contribution is -2.23. The van der Waals surface area contributed by atoms with Gasteiger partial charge in [0.25, 0.3) is 5.56 Å². The fourth-order valence-corrected chi connectivity index (χ4v) is 1.65. The standard InChI is InChI=1S/C6H6N2O5S/c1-14(12,13)5-3(6(10)11)4(9)7-2-8-5/h2H,1H3,(H,10,11)(H,7,8,9). The van der Waals surface area contributed by atoms with Gasteiger partial charge in [-0.25, -0.2) is 18.2 Å². The smallest absolute Gasteiger partial charge is 0.344 e. The van der Waals surface area contributed by atoms with Gasteiger partial charge in [-0.05, 0) is 0 Å². The third-order valence-electron chi connectivity index (χ3n) is 1.38. The van der Waals surface area contributed by atoms with Crippen LogP contribution < -0.4 is 5.56 Å². The Morgan fingerprint density at radius 3 is 2.50 bits per heavy atom. The number of aromatic carboxylic acids is 1. The van der Waals surface area contributed by atoms with Gasteiger partial charge in [0.15, 0.2) is 20.4 Å². The highest BCUT2D eigenvalue weighted by molar-refractivity contribution is 7.90. The van der Waals surface area contributed by atoms with Crippen LogP contribution in [0, 0.1) is 0 Å². The molecule has 0 amide bonds. The molecule has 1 rings (SSSR count). The monoisotopic (exact) mass is 218 g/mol. The quantitative estimate of drug-likeness (QED) is 0.606. The summed E-state index contributed by atoms with van der Waals surface area (Å²) in [7, 11) is -3.81. The predicted molar refractivity (Wildman–Crippen MR) is 44.9 cm³/mol. The Morgan fingerprint density at radius 2 is 2.14 bits per heavy atom. The zero-order chi connectivity index (χ0) is 10.9. The highest BCUT2D eigenvalue weighted by atomic mass is 32.2. The van der Waals surface area contributed by atoms with Gasteiger partial charge in [0.2, 0.25) is 0 Å². The van der Waals surface area contributed by atoms with Gasteiger partial charge in [-0.2, -0.15) is 0 Å². The molecule has 0 atom stereocenters. The van der Waals surface area contributed by atoms with Gasteiger partial charge in [0, 0.05) is 6.26 Å². The Labute approximate surface area is 78.3 Å². The van der Waals surface area contributed by atoms with Crippen molar-refractivity contribution in [1.82, 2.24) is 9.97 Å². The van der Waals surface area contributed by atoms with Crippen molar-refractivity contribution >= 4 is 15.8 Å². The van der Waals surface area contributed by atoms with Crippen LogP contribution in [0.5, 0.6) is 0 Å². The first-order valence-corrected chi connectivity index (χ1v) is 5.24. The van der Waals surface area contributed by atoms with Crippen LogP contribution in [0.3, 0.4) is 0 Å². The Bertz CT molecular complexity index is 529. The van der Waals surface area contributed by atoms with Crippen molar-refractivity contribution in [3.05, 3.63) is 22.2 Å². The Hall–Kier alpha value is -1.70. The molecule has 0 unspecified atom stereocenters. The van der Waals surface area contributed by atoms with Gasteiger partial charge in [-0.15, -0.1) is 0 Å². The molecule has 0 saturated heterocycles. The molecule has 0 fully saturated rings. The second kappa shape index (κ2) is 3.22. The van der Waals surface area contributed by atoms with E-state index in [-0.39, 0.29) is 0 Å². The lowest BCUT2D eigenvalue weighted by molar-refractivity contribution is 0.0689. The van der Waals surface area contributed by atoms with E-state index in [1.807, 2.05) is 4.98 Å². The van der Waals surface area contributed by atoms with Gasteiger partial charge >= 0.3 is 5.97 Å². The number of carbonyl (C=O) groups is 1. The van der Waals surface area contributed by atoms with Gasteiger partial charge in [-0.1, -0.05) is 0 Å². The topological polar surface area (TPSA) is 117 Å². The van der Waals surface area contributed by atoms with E-state index in [0.717, 1.165) is 12.6 Å². The first kappa shape index (κ1) is 10.4. The minimum absolute atomic E-state index is 0.728. The number of hydrogen-bond acceptors (Lipinski definition) is 5. The highest BCUT2D eigenvalue weighted by Crippen LogP contribution is 2.06. The molecule has 76 valence electrons. The number of sulfone groups is 1. The molecule has 0 aliphatic heterocycles. The molecule has 0 radical (unpaired) electrons. The zero-order valence-electron chi connectivity index (χ0n) is 7.01. The fraction of sp³-hybridized carbons (Fsp3) is 0.167. The summed E-state index contributed by atoms with van der Waals surface area (Å²) in [4.78, 5) is 26.8. The Morgan fingerprint density at radius 1 is 1.57 bits per heavy atom. The summed E-state index contributed by atoms with van der Waals surface area (Å²) < 4.78 is 22.1. The summed E-state index contributed by atoms with van der Waals surface area (Å²) in [6.45, 7) is 0. The fourth-order valence-electron chi connectivity index (χ4n) is 0.853. The molecule has 0 aliphatic carbocycles. The van der Waals surface area contributed by atoms with Crippen LogP contribution in [0.1, 0.15) is 10.4 Å². The molecular weight excluding hydrogens is 212 g/mol. The van der Waals surface area contributed by atoms with E-state index in [0.29, 0.717) is 0 Å². The van der Waals surface area contributed by atoms with Gasteiger partial charge in [-0.3, -0.25) is 4.79 Å². The average Bonchev–Trinajstić information content (AvgIpc) is 2.01. The lowest BCUT2D eigenvalue weighted by Gasteiger charge is -1.99. The number of nitrogens with zero attached hydrogens (tertiary/aromatic N) is 1. The molecule has 7 nitrogen and oxygen atoms in total. The van der Waals surface area contributed by atoms with E-state index in [1.165, 1.54) is 0 Å². The van der Waals surface area contributed by atoms with Crippen molar-refractivity contribution in [3.63, 3.8) is 0 Å². The second-order valence-electron chi connectivity index (χ2n) is 2.49. The van der Waals surface area contributed by atoms with Crippen molar-refractivity contribution in [2.45, 2.75) is 5.03 Å². The predicted octanol–water partition coefficient (Wildman–Crippen LogP) is -1.13. The molecule has 0 aromatic carbocycles. The first-order valence-electron chi connectivity index (χ1n) is 3.35. The molecule has 0 saturated carbocycles. The molecule has 0 spiro atoms. The molecule has 1 heterocycles. The average molecular weight is 218 g/mol. The van der Waals surface area contributed by atoms with Crippen LogP contribution in [0.15, 0.2) is 16.1 Å². The zero-order valence-corrected chi connectivity index (χ0v) is 7.83. The van der Waals surface area contributed by atoms with Crippen molar-refractivity contribution in [3.8, 4) is 0 Å². The number of carboxylic acid groups (broad SMARTS) is 1. The van der Waals surface area contributed by atoms with Crippen molar-refractivity contribution in [1.29, 1.82) is 0 Å². The largest absolute Gasteiger partial charge is 0.477 e. The summed E-state index contributed by atoms with van der Waals surface area (Å²) >= 11 is 0. The Balaban J connectivity index is 3.70.